The van der Waals surface area contributed by atoms with Gasteiger partial charge in [-0.15, -0.1) is 0 Å². The molecule has 0 radical (unpaired) electrons. The van der Waals surface area contributed by atoms with Crippen LogP contribution < -0.4 is 0 Å². The van der Waals surface area contributed by atoms with Crippen LogP contribution in [0.25, 0.3) is 0 Å². The van der Waals surface area contributed by atoms with Crippen LogP contribution in [0.1, 0.15) is 39.5 Å². The SMILES string of the molecule is C=C(C)C(=O)OC1CC2CC(CC(C)(C(F)(F)F)C(F)(F)F)C1C2. The third kappa shape index (κ3) is 3.28. The average Bonchev–Trinajstić information content (AvgIpc) is 2.94. The molecule has 2 fully saturated rings. The zero-order valence-electron chi connectivity index (χ0n) is 13.4. The summed E-state index contributed by atoms with van der Waals surface area (Å²) in [7, 11) is 0. The molecule has 2 aliphatic rings. The van der Waals surface area contributed by atoms with Crippen molar-refractivity contribution in [3.63, 3.8) is 0 Å². The molecule has 2 nitrogen and oxygen atoms in total. The third-order valence-electron chi connectivity index (χ3n) is 5.42. The van der Waals surface area contributed by atoms with E-state index in [0.29, 0.717) is 19.3 Å². The van der Waals surface area contributed by atoms with Crippen molar-refractivity contribution in [2.45, 2.75) is 58.0 Å². The van der Waals surface area contributed by atoms with Gasteiger partial charge in [-0.1, -0.05) is 6.58 Å². The van der Waals surface area contributed by atoms with Crippen LogP contribution in [0.4, 0.5) is 26.3 Å². The number of hydrogen-bond donors (Lipinski definition) is 0. The second-order valence-electron chi connectivity index (χ2n) is 7.25. The van der Waals surface area contributed by atoms with Crippen LogP contribution in [-0.4, -0.2) is 24.4 Å². The topological polar surface area (TPSA) is 26.3 Å². The Balaban J connectivity index is 2.15. The van der Waals surface area contributed by atoms with E-state index in [1.165, 1.54) is 6.92 Å². The molecule has 0 aromatic rings. The maximum atomic E-state index is 13.1. The minimum Gasteiger partial charge on any atom is -0.459 e. The quantitative estimate of drug-likeness (QED) is 0.400. The molecule has 2 saturated carbocycles. The van der Waals surface area contributed by atoms with E-state index in [2.05, 4.69) is 6.58 Å². The Morgan fingerprint density at radius 2 is 1.62 bits per heavy atom. The Kier molecular flexibility index (Phi) is 4.74. The van der Waals surface area contributed by atoms with Gasteiger partial charge >= 0.3 is 18.3 Å². The van der Waals surface area contributed by atoms with Gasteiger partial charge in [0.2, 0.25) is 0 Å². The van der Waals surface area contributed by atoms with E-state index in [1.807, 2.05) is 0 Å². The van der Waals surface area contributed by atoms with Crippen LogP contribution in [-0.2, 0) is 9.53 Å². The van der Waals surface area contributed by atoms with Crippen LogP contribution >= 0.6 is 0 Å². The van der Waals surface area contributed by atoms with Crippen molar-refractivity contribution in [1.29, 1.82) is 0 Å². The van der Waals surface area contributed by atoms with Gasteiger partial charge in [-0.3, -0.25) is 0 Å². The van der Waals surface area contributed by atoms with Gasteiger partial charge in [0.05, 0.1) is 0 Å². The minimum absolute atomic E-state index is 0.00800. The van der Waals surface area contributed by atoms with Crippen LogP contribution in [0, 0.1) is 23.2 Å². The van der Waals surface area contributed by atoms with Gasteiger partial charge in [0.1, 0.15) is 6.10 Å². The third-order valence-corrected chi connectivity index (χ3v) is 5.42. The van der Waals surface area contributed by atoms with Gasteiger partial charge in [0.15, 0.2) is 5.41 Å². The van der Waals surface area contributed by atoms with Crippen molar-refractivity contribution in [2.75, 3.05) is 0 Å². The van der Waals surface area contributed by atoms with Gasteiger partial charge in [-0.2, -0.15) is 26.3 Å². The fourth-order valence-electron chi connectivity index (χ4n) is 3.95. The lowest BCUT2D eigenvalue weighted by molar-refractivity contribution is -0.340. The lowest BCUT2D eigenvalue weighted by Gasteiger charge is -2.39. The fourth-order valence-corrected chi connectivity index (χ4v) is 3.95. The predicted octanol–water partition coefficient (Wildman–Crippen LogP) is 5.04. The second kappa shape index (κ2) is 5.95. The summed E-state index contributed by atoms with van der Waals surface area (Å²) in [6.07, 6.45) is -11.1. The summed E-state index contributed by atoms with van der Waals surface area (Å²) in [5.41, 5.74) is -3.59. The highest BCUT2D eigenvalue weighted by atomic mass is 19.4. The summed E-state index contributed by atoms with van der Waals surface area (Å²) in [4.78, 5) is 11.6. The molecule has 0 saturated heterocycles. The Morgan fingerprint density at radius 3 is 2.04 bits per heavy atom. The number of fused-ring (bicyclic) bond motifs is 2. The molecule has 0 spiro atoms. The number of esters is 1. The molecule has 2 bridgehead atoms. The molecular weight excluding hydrogens is 338 g/mol. The van der Waals surface area contributed by atoms with Crippen LogP contribution in [0.15, 0.2) is 12.2 Å². The Morgan fingerprint density at radius 1 is 1.08 bits per heavy atom. The predicted molar refractivity (Wildman–Crippen MR) is 73.8 cm³/mol. The molecule has 0 heterocycles. The van der Waals surface area contributed by atoms with Crippen molar-refractivity contribution in [1.82, 2.24) is 0 Å². The molecule has 8 heteroatoms. The maximum Gasteiger partial charge on any atom is 0.402 e. The molecule has 2 aliphatic carbocycles. The van der Waals surface area contributed by atoms with E-state index in [-0.39, 0.29) is 18.4 Å². The molecule has 0 aromatic heterocycles. The molecule has 4 atom stereocenters. The normalized spacial score (nSPS) is 30.5. The van der Waals surface area contributed by atoms with Crippen molar-refractivity contribution in [2.24, 2.45) is 23.2 Å². The van der Waals surface area contributed by atoms with E-state index < -0.39 is 48.1 Å². The standard InChI is InChI=1S/C16H20F6O2/c1-8(2)13(23)24-12-6-9-4-10(11(12)5-9)7-14(3,15(17,18)19)16(20,21)22/h9-12H,1,4-7H2,2-3H3. The number of carbonyl (C=O) groups excluding carboxylic acids is 1. The molecule has 0 N–H and O–H groups in total. The smallest absolute Gasteiger partial charge is 0.402 e. The van der Waals surface area contributed by atoms with Crippen LogP contribution in [0.3, 0.4) is 0 Å². The Labute approximate surface area is 136 Å². The number of halogens is 6. The lowest BCUT2D eigenvalue weighted by atomic mass is 9.73. The van der Waals surface area contributed by atoms with Gasteiger partial charge < -0.3 is 4.74 Å². The van der Waals surface area contributed by atoms with Gasteiger partial charge in [0, 0.05) is 5.57 Å². The number of hydrogen-bond acceptors (Lipinski definition) is 2. The van der Waals surface area contributed by atoms with E-state index in [9.17, 15) is 31.1 Å². The molecule has 2 rings (SSSR count). The molecule has 0 aliphatic heterocycles. The van der Waals surface area contributed by atoms with E-state index in [0.717, 1.165) is 0 Å². The molecule has 4 unspecified atom stereocenters. The summed E-state index contributed by atoms with van der Waals surface area (Å²) in [5, 5.41) is 0. The van der Waals surface area contributed by atoms with Gasteiger partial charge in [-0.05, 0) is 57.3 Å². The molecule has 0 amide bonds. The number of alkyl halides is 6. The largest absolute Gasteiger partial charge is 0.459 e. The fraction of sp³-hybridized carbons (Fsp3) is 0.812. The molecule has 138 valence electrons. The highest BCUT2D eigenvalue weighted by Crippen LogP contribution is 2.59. The van der Waals surface area contributed by atoms with Crippen molar-refractivity contribution in [3.05, 3.63) is 12.2 Å². The van der Waals surface area contributed by atoms with Crippen molar-refractivity contribution >= 4 is 5.97 Å². The summed E-state index contributed by atoms with van der Waals surface area (Å²) in [6.45, 7) is 5.09. The average molecular weight is 358 g/mol. The first-order valence-electron chi connectivity index (χ1n) is 7.76. The summed E-state index contributed by atoms with van der Waals surface area (Å²) in [6, 6.07) is 0. The summed E-state index contributed by atoms with van der Waals surface area (Å²) < 4.78 is 83.8. The number of ether oxygens (including phenoxy) is 1. The van der Waals surface area contributed by atoms with E-state index >= 15 is 0 Å². The first-order chi connectivity index (χ1) is 10.8. The highest BCUT2D eigenvalue weighted by molar-refractivity contribution is 5.87. The molecule has 24 heavy (non-hydrogen) atoms. The lowest BCUT2D eigenvalue weighted by Crippen LogP contribution is -2.49. The first-order valence-corrected chi connectivity index (χ1v) is 7.76. The second-order valence-corrected chi connectivity index (χ2v) is 7.25. The Bertz CT molecular complexity index is 508. The zero-order valence-corrected chi connectivity index (χ0v) is 13.4. The first kappa shape index (κ1) is 19.1. The van der Waals surface area contributed by atoms with Crippen LogP contribution in [0.5, 0.6) is 0 Å². The van der Waals surface area contributed by atoms with E-state index in [4.69, 9.17) is 4.74 Å². The highest BCUT2D eigenvalue weighted by Gasteiger charge is 2.68. The van der Waals surface area contributed by atoms with Crippen molar-refractivity contribution in [3.8, 4) is 0 Å². The van der Waals surface area contributed by atoms with Crippen LogP contribution in [0.2, 0.25) is 0 Å². The van der Waals surface area contributed by atoms with Gasteiger partial charge in [0.25, 0.3) is 0 Å². The summed E-state index contributed by atoms with van der Waals surface area (Å²) in [5.74, 6) is -1.86. The summed E-state index contributed by atoms with van der Waals surface area (Å²) >= 11 is 0. The number of rotatable bonds is 4. The van der Waals surface area contributed by atoms with Crippen molar-refractivity contribution < 1.29 is 35.9 Å². The monoisotopic (exact) mass is 358 g/mol. The zero-order chi connectivity index (χ0) is 18.5. The number of carbonyl (C=O) groups is 1. The van der Waals surface area contributed by atoms with Gasteiger partial charge in [-0.25, -0.2) is 4.79 Å². The molecule has 0 aromatic carbocycles. The maximum absolute atomic E-state index is 13.1. The minimum atomic E-state index is -5.38. The molecular formula is C16H20F6O2. The van der Waals surface area contributed by atoms with E-state index in [1.54, 1.807) is 0 Å². The Hall–Kier alpha value is -1.21.